The zero-order chi connectivity index (χ0) is 14.9. The monoisotopic (exact) mass is 315 g/mol. The maximum Gasteiger partial charge on any atom is 0.337 e. The number of aromatic carboxylic acids is 1. The van der Waals surface area contributed by atoms with Gasteiger partial charge in [-0.05, 0) is 12.1 Å². The lowest BCUT2D eigenvalue weighted by molar-refractivity contribution is 0.0698. The number of carboxylic acid groups (broad SMARTS) is 1. The minimum Gasteiger partial charge on any atom is -0.478 e. The Balaban J connectivity index is 2.38. The summed E-state index contributed by atoms with van der Waals surface area (Å²) >= 11 is 11.6. The lowest BCUT2D eigenvalue weighted by Gasteiger charge is -2.09. The van der Waals surface area contributed by atoms with Crippen LogP contribution in [0.15, 0.2) is 12.1 Å². The molecule has 1 aromatic heterocycles. The van der Waals surface area contributed by atoms with Gasteiger partial charge in [-0.1, -0.05) is 23.2 Å². The van der Waals surface area contributed by atoms with E-state index >= 15 is 0 Å². The van der Waals surface area contributed by atoms with Crippen LogP contribution in [-0.4, -0.2) is 32.2 Å². The number of benzene rings is 1. The van der Waals surface area contributed by atoms with Crippen molar-refractivity contribution in [1.29, 1.82) is 0 Å². The number of hydrogen-bond acceptors (Lipinski definition) is 5. The van der Waals surface area contributed by atoms with E-state index in [9.17, 15) is 9.59 Å². The summed E-state index contributed by atoms with van der Waals surface area (Å²) in [5.74, 6) is -2.32. The Bertz CT molecular complexity index is 700. The van der Waals surface area contributed by atoms with Crippen LogP contribution in [-0.2, 0) is 0 Å². The number of carbonyl (C=O) groups excluding carboxylic acids is 1. The second-order valence-corrected chi connectivity index (χ2v) is 4.46. The van der Waals surface area contributed by atoms with Crippen molar-refractivity contribution in [3.63, 3.8) is 0 Å². The van der Waals surface area contributed by atoms with Crippen molar-refractivity contribution in [2.75, 3.05) is 11.1 Å². The predicted molar refractivity (Wildman–Crippen MR) is 72.2 cm³/mol. The van der Waals surface area contributed by atoms with Crippen LogP contribution in [0.3, 0.4) is 0 Å². The van der Waals surface area contributed by atoms with Crippen LogP contribution < -0.4 is 11.1 Å². The van der Waals surface area contributed by atoms with Gasteiger partial charge in [-0.3, -0.25) is 9.89 Å². The lowest BCUT2D eigenvalue weighted by Crippen LogP contribution is -2.17. The van der Waals surface area contributed by atoms with E-state index in [1.807, 2.05) is 0 Å². The molecule has 0 saturated heterocycles. The molecule has 0 saturated carbocycles. The molecule has 0 bridgehead atoms. The van der Waals surface area contributed by atoms with Crippen LogP contribution in [0.1, 0.15) is 21.0 Å². The van der Waals surface area contributed by atoms with E-state index in [0.717, 1.165) is 0 Å². The molecule has 2 aromatic rings. The number of rotatable bonds is 3. The number of aromatic nitrogens is 3. The van der Waals surface area contributed by atoms with Crippen LogP contribution in [0.5, 0.6) is 0 Å². The Hall–Kier alpha value is -2.32. The van der Waals surface area contributed by atoms with E-state index in [2.05, 4.69) is 20.5 Å². The number of amides is 1. The molecule has 0 aliphatic carbocycles. The van der Waals surface area contributed by atoms with Gasteiger partial charge in [-0.15, -0.1) is 5.10 Å². The standard InChI is InChI=1S/C10H7Cl2N5O3/c11-3-1-4(9(19)20)6(5(12)2-3)14-8(18)7-15-10(13)17-16-7/h1-2H,(H,14,18)(H,19,20)(H3,13,15,16,17). The number of carbonyl (C=O) groups is 2. The highest BCUT2D eigenvalue weighted by atomic mass is 35.5. The number of nitrogens with zero attached hydrogens (tertiary/aromatic N) is 2. The first kappa shape index (κ1) is 14.1. The smallest absolute Gasteiger partial charge is 0.337 e. The Morgan fingerprint density at radius 2 is 2.05 bits per heavy atom. The first-order chi connectivity index (χ1) is 9.38. The number of nitrogen functional groups attached to an aromatic ring is 1. The van der Waals surface area contributed by atoms with Crippen molar-refractivity contribution in [1.82, 2.24) is 15.2 Å². The Morgan fingerprint density at radius 3 is 2.60 bits per heavy atom. The molecule has 10 heteroatoms. The Labute approximate surface area is 121 Å². The van der Waals surface area contributed by atoms with Crippen LogP contribution >= 0.6 is 23.2 Å². The molecule has 0 fully saturated rings. The van der Waals surface area contributed by atoms with Gasteiger partial charge >= 0.3 is 5.97 Å². The number of anilines is 2. The molecule has 0 unspecified atom stereocenters. The van der Waals surface area contributed by atoms with E-state index in [1.165, 1.54) is 12.1 Å². The van der Waals surface area contributed by atoms with Gasteiger partial charge in [0.15, 0.2) is 0 Å². The molecule has 1 aromatic carbocycles. The summed E-state index contributed by atoms with van der Waals surface area (Å²) in [5.41, 5.74) is 4.93. The van der Waals surface area contributed by atoms with E-state index in [0.29, 0.717) is 0 Å². The van der Waals surface area contributed by atoms with Crippen LogP contribution in [0.25, 0.3) is 0 Å². The molecular weight excluding hydrogens is 309 g/mol. The number of nitrogens with one attached hydrogen (secondary N) is 2. The zero-order valence-electron chi connectivity index (χ0n) is 9.65. The Morgan fingerprint density at radius 1 is 1.35 bits per heavy atom. The number of halogens is 2. The van der Waals surface area contributed by atoms with E-state index in [-0.39, 0.29) is 33.1 Å². The second kappa shape index (κ2) is 5.35. The molecule has 8 nitrogen and oxygen atoms in total. The first-order valence-corrected chi connectivity index (χ1v) is 5.85. The largest absolute Gasteiger partial charge is 0.478 e. The highest BCUT2D eigenvalue weighted by molar-refractivity contribution is 6.38. The fourth-order valence-electron chi connectivity index (χ4n) is 1.42. The number of carboxylic acids is 1. The summed E-state index contributed by atoms with van der Waals surface area (Å²) in [5, 5.41) is 17.3. The van der Waals surface area contributed by atoms with Gasteiger partial charge in [-0.2, -0.15) is 4.98 Å². The molecule has 0 aliphatic rings. The van der Waals surface area contributed by atoms with Gasteiger partial charge in [-0.25, -0.2) is 4.79 Å². The van der Waals surface area contributed by atoms with Gasteiger partial charge < -0.3 is 16.2 Å². The third-order valence-corrected chi connectivity index (χ3v) is 2.76. The van der Waals surface area contributed by atoms with E-state index in [1.54, 1.807) is 0 Å². The summed E-state index contributed by atoms with van der Waals surface area (Å²) in [6.07, 6.45) is 0. The average Bonchev–Trinajstić information content (AvgIpc) is 2.78. The topological polar surface area (TPSA) is 134 Å². The SMILES string of the molecule is Nc1n[nH]c(C(=O)Nc2c(Cl)cc(Cl)cc2C(=O)O)n1. The number of H-pyrrole nitrogens is 1. The fourth-order valence-corrected chi connectivity index (χ4v) is 1.96. The van der Waals surface area contributed by atoms with Gasteiger partial charge in [0.1, 0.15) is 0 Å². The maximum absolute atomic E-state index is 11.9. The van der Waals surface area contributed by atoms with Gasteiger partial charge in [0.05, 0.1) is 16.3 Å². The number of hydrogen-bond donors (Lipinski definition) is 4. The number of nitrogens with two attached hydrogens (primary N) is 1. The molecule has 5 N–H and O–H groups in total. The lowest BCUT2D eigenvalue weighted by atomic mass is 10.1. The van der Waals surface area contributed by atoms with Gasteiger partial charge in [0, 0.05) is 5.02 Å². The molecule has 0 atom stereocenters. The van der Waals surface area contributed by atoms with Crippen molar-refractivity contribution in [3.8, 4) is 0 Å². The van der Waals surface area contributed by atoms with Crippen LogP contribution in [0.4, 0.5) is 11.6 Å². The highest BCUT2D eigenvalue weighted by Crippen LogP contribution is 2.30. The molecule has 0 spiro atoms. The third-order valence-electron chi connectivity index (χ3n) is 2.24. The second-order valence-electron chi connectivity index (χ2n) is 3.61. The summed E-state index contributed by atoms with van der Waals surface area (Å²) in [7, 11) is 0. The number of aromatic amines is 1. The van der Waals surface area contributed by atoms with Gasteiger partial charge in [0.25, 0.3) is 5.91 Å². The summed E-state index contributed by atoms with van der Waals surface area (Å²) in [4.78, 5) is 26.6. The molecule has 0 radical (unpaired) electrons. The highest BCUT2D eigenvalue weighted by Gasteiger charge is 2.19. The van der Waals surface area contributed by atoms with Gasteiger partial charge in [0.2, 0.25) is 11.8 Å². The molecule has 2 rings (SSSR count). The summed E-state index contributed by atoms with van der Waals surface area (Å²) in [6.45, 7) is 0. The summed E-state index contributed by atoms with van der Waals surface area (Å²) in [6, 6.07) is 2.47. The minimum atomic E-state index is -1.29. The molecule has 20 heavy (non-hydrogen) atoms. The maximum atomic E-state index is 11.9. The van der Waals surface area contributed by atoms with E-state index in [4.69, 9.17) is 34.0 Å². The normalized spacial score (nSPS) is 10.3. The molecule has 104 valence electrons. The zero-order valence-corrected chi connectivity index (χ0v) is 11.2. The molecule has 0 aliphatic heterocycles. The minimum absolute atomic E-state index is 0.0178. The van der Waals surface area contributed by atoms with Crippen molar-refractivity contribution < 1.29 is 14.7 Å². The van der Waals surface area contributed by atoms with Crippen LogP contribution in [0, 0.1) is 0 Å². The van der Waals surface area contributed by atoms with Crippen molar-refractivity contribution in [2.24, 2.45) is 0 Å². The average molecular weight is 316 g/mol. The molecule has 1 amide bonds. The van der Waals surface area contributed by atoms with E-state index < -0.39 is 11.9 Å². The first-order valence-electron chi connectivity index (χ1n) is 5.10. The quantitative estimate of drug-likeness (QED) is 0.680. The predicted octanol–water partition coefficient (Wildman–Crippen LogP) is 1.64. The Kier molecular flexibility index (Phi) is 3.77. The molecule has 1 heterocycles. The van der Waals surface area contributed by atoms with Crippen molar-refractivity contribution >= 4 is 46.7 Å². The van der Waals surface area contributed by atoms with Crippen molar-refractivity contribution in [3.05, 3.63) is 33.6 Å². The van der Waals surface area contributed by atoms with Crippen molar-refractivity contribution in [2.45, 2.75) is 0 Å². The third kappa shape index (κ3) is 2.81. The fraction of sp³-hybridized carbons (Fsp3) is 0. The van der Waals surface area contributed by atoms with Crippen LogP contribution in [0.2, 0.25) is 10.0 Å². The molecular formula is C10H7Cl2N5O3. The summed E-state index contributed by atoms with van der Waals surface area (Å²) < 4.78 is 0.